The maximum absolute atomic E-state index is 9.02. The average molecular weight is 589 g/mol. The molecule has 9 rings (SSSR count). The van der Waals surface area contributed by atoms with Crippen molar-refractivity contribution in [1.82, 2.24) is 19.5 Å². The van der Waals surface area contributed by atoms with Crippen LogP contribution in [0.5, 0.6) is 0 Å². The molecule has 0 radical (unpaired) electrons. The van der Waals surface area contributed by atoms with Crippen molar-refractivity contribution >= 4 is 53.3 Å². The van der Waals surface area contributed by atoms with Crippen molar-refractivity contribution < 1.29 is 11.0 Å². The highest BCUT2D eigenvalue weighted by Crippen LogP contribution is 2.40. The van der Waals surface area contributed by atoms with Gasteiger partial charge in [-0.2, -0.15) is 0 Å². The molecule has 3 heterocycles. The molecule has 4 nitrogen and oxygen atoms in total. The zero-order chi connectivity index (χ0) is 36.0. The first kappa shape index (κ1) is 18.1. The van der Waals surface area contributed by atoms with Gasteiger partial charge in [0.1, 0.15) is 0 Å². The summed E-state index contributed by atoms with van der Waals surface area (Å²) in [5, 5.41) is 2.21. The molecular weight excluding hydrogens is 557 g/mol. The molecule has 0 saturated heterocycles. The Morgan fingerprint density at radius 1 is 0.500 bits per heavy atom. The minimum absolute atomic E-state index is 0.000512. The van der Waals surface area contributed by atoms with Crippen LogP contribution in [0.3, 0.4) is 0 Å². The Balaban J connectivity index is 1.40. The number of aromatic nitrogens is 4. The molecule has 5 heteroatoms. The van der Waals surface area contributed by atoms with Crippen molar-refractivity contribution in [2.75, 3.05) is 0 Å². The van der Waals surface area contributed by atoms with E-state index in [1.807, 2.05) is 54.6 Å². The summed E-state index contributed by atoms with van der Waals surface area (Å²) in [7, 11) is 0. The Bertz CT molecular complexity index is 2880. The van der Waals surface area contributed by atoms with Crippen LogP contribution in [-0.2, 0) is 0 Å². The highest BCUT2D eigenvalue weighted by molar-refractivity contribution is 7.26. The molecule has 0 N–H and O–H groups in total. The lowest BCUT2D eigenvalue weighted by Gasteiger charge is -2.14. The van der Waals surface area contributed by atoms with Crippen LogP contribution < -0.4 is 0 Å². The van der Waals surface area contributed by atoms with Crippen LogP contribution in [0.25, 0.3) is 81.8 Å². The van der Waals surface area contributed by atoms with Crippen molar-refractivity contribution in [2.45, 2.75) is 0 Å². The minimum Gasteiger partial charge on any atom is -0.309 e. The van der Waals surface area contributed by atoms with E-state index in [2.05, 4.69) is 18.2 Å². The van der Waals surface area contributed by atoms with Crippen molar-refractivity contribution in [3.8, 4) is 39.9 Å². The van der Waals surface area contributed by atoms with Crippen LogP contribution >= 0.6 is 11.3 Å². The van der Waals surface area contributed by atoms with Gasteiger partial charge in [-0.1, -0.05) is 109 Å². The zero-order valence-electron chi connectivity index (χ0n) is 30.9. The normalized spacial score (nSPS) is 14.2. The molecule has 0 aliphatic heterocycles. The Labute approximate surface area is 268 Å². The lowest BCUT2D eigenvalue weighted by atomic mass is 10.1. The first-order valence-corrected chi connectivity index (χ1v) is 14.8. The van der Waals surface area contributed by atoms with Crippen LogP contribution in [-0.4, -0.2) is 19.5 Å². The summed E-state index contributed by atoms with van der Waals surface area (Å²) >= 11 is 1.65. The standard InChI is InChI=1S/C39H24N4S/c1-2-13-25(14-3-1)37-40-38(42-39(41-37)31-20-12-19-29-28-17-7-11-24-35(28)44-36(29)31)30-18-6-10-23-34(30)43-32-21-8-4-15-26(32)27-16-5-9-22-33(27)43/h1-24H/i4D,5D,8D,9D,15D,16D,21D,22D. The minimum atomic E-state index is -0.498. The maximum Gasteiger partial charge on any atom is 0.166 e. The molecule has 0 aliphatic carbocycles. The monoisotopic (exact) mass is 588 g/mol. The quantitative estimate of drug-likeness (QED) is 0.205. The molecule has 44 heavy (non-hydrogen) atoms. The summed E-state index contributed by atoms with van der Waals surface area (Å²) in [6.45, 7) is 0. The summed E-state index contributed by atoms with van der Waals surface area (Å²) in [5.74, 6) is 1.12. The molecule has 3 aromatic heterocycles. The Morgan fingerprint density at radius 2 is 1.09 bits per heavy atom. The van der Waals surface area contributed by atoms with Crippen LogP contribution in [0.1, 0.15) is 11.0 Å². The van der Waals surface area contributed by atoms with E-state index >= 15 is 0 Å². The Kier molecular flexibility index (Phi) is 4.10. The van der Waals surface area contributed by atoms with E-state index in [9.17, 15) is 0 Å². The molecule has 0 fully saturated rings. The largest absolute Gasteiger partial charge is 0.309 e. The van der Waals surface area contributed by atoms with Gasteiger partial charge in [-0.15, -0.1) is 11.3 Å². The second kappa shape index (κ2) is 9.97. The molecule has 0 spiro atoms. The van der Waals surface area contributed by atoms with Gasteiger partial charge in [-0.3, -0.25) is 0 Å². The third kappa shape index (κ3) is 3.87. The van der Waals surface area contributed by atoms with Gasteiger partial charge in [0.15, 0.2) is 17.5 Å². The van der Waals surface area contributed by atoms with Crippen LogP contribution in [0.15, 0.2) is 145 Å². The molecule has 6 aromatic carbocycles. The van der Waals surface area contributed by atoms with Crippen molar-refractivity contribution in [3.63, 3.8) is 0 Å². The number of rotatable bonds is 4. The van der Waals surface area contributed by atoms with Gasteiger partial charge in [0.05, 0.1) is 27.7 Å². The number of fused-ring (bicyclic) bond motifs is 6. The smallest absolute Gasteiger partial charge is 0.166 e. The number of hydrogen-bond donors (Lipinski definition) is 0. The summed E-state index contributed by atoms with van der Waals surface area (Å²) in [5.41, 5.74) is 2.45. The van der Waals surface area contributed by atoms with Gasteiger partial charge < -0.3 is 4.57 Å². The topological polar surface area (TPSA) is 43.6 Å². The van der Waals surface area contributed by atoms with Gasteiger partial charge in [-0.05, 0) is 36.4 Å². The number of benzene rings is 6. The number of thiophene rings is 1. The van der Waals surface area contributed by atoms with Gasteiger partial charge in [-0.25, -0.2) is 15.0 Å². The van der Waals surface area contributed by atoms with Gasteiger partial charge in [0.2, 0.25) is 0 Å². The van der Waals surface area contributed by atoms with Gasteiger partial charge in [0, 0.05) is 47.6 Å². The molecule has 0 aliphatic rings. The fourth-order valence-electron chi connectivity index (χ4n) is 5.78. The second-order valence-corrected chi connectivity index (χ2v) is 11.3. The van der Waals surface area contributed by atoms with Crippen molar-refractivity contribution in [1.29, 1.82) is 0 Å². The van der Waals surface area contributed by atoms with Gasteiger partial charge in [0.25, 0.3) is 0 Å². The first-order valence-electron chi connectivity index (χ1n) is 18.0. The molecule has 0 bridgehead atoms. The maximum atomic E-state index is 9.02. The predicted molar refractivity (Wildman–Crippen MR) is 183 cm³/mol. The van der Waals surface area contributed by atoms with E-state index in [1.54, 1.807) is 35.6 Å². The Hall–Kier alpha value is -5.65. The third-order valence-electron chi connectivity index (χ3n) is 7.73. The average Bonchev–Trinajstić information content (AvgIpc) is 3.75. The van der Waals surface area contributed by atoms with E-state index in [-0.39, 0.29) is 39.7 Å². The molecular formula is C39H24N4S. The SMILES string of the molecule is [2H]c1c([2H])c([2H])c2c(c1[2H])c1c([2H])c([2H])c([2H])c([2H])c1n2-c1ccccc1-c1nc(-c2ccccc2)nc(-c2cccc3c2sc2ccccc23)n1. The predicted octanol–water partition coefficient (Wildman–Crippen LogP) is 10.3. The highest BCUT2D eigenvalue weighted by atomic mass is 32.1. The second-order valence-electron chi connectivity index (χ2n) is 10.3. The van der Waals surface area contributed by atoms with E-state index in [1.165, 1.54) is 4.57 Å². The number of nitrogens with zero attached hydrogens (tertiary/aromatic N) is 4. The first-order chi connectivity index (χ1) is 25.2. The zero-order valence-corrected chi connectivity index (χ0v) is 23.8. The van der Waals surface area contributed by atoms with E-state index < -0.39 is 36.3 Å². The number of hydrogen-bond acceptors (Lipinski definition) is 4. The Morgan fingerprint density at radius 3 is 1.89 bits per heavy atom. The molecule has 0 amide bonds. The van der Waals surface area contributed by atoms with Crippen molar-refractivity contribution in [3.05, 3.63) is 145 Å². The van der Waals surface area contributed by atoms with Crippen LogP contribution in [0, 0.1) is 0 Å². The molecule has 0 unspecified atom stereocenters. The molecule has 0 saturated carbocycles. The van der Waals surface area contributed by atoms with Crippen LogP contribution in [0.4, 0.5) is 0 Å². The fraction of sp³-hybridized carbons (Fsp3) is 0. The van der Waals surface area contributed by atoms with Crippen LogP contribution in [0.2, 0.25) is 0 Å². The fourth-order valence-corrected chi connectivity index (χ4v) is 6.99. The summed E-state index contributed by atoms with van der Waals surface area (Å²) in [4.78, 5) is 15.0. The molecule has 206 valence electrons. The third-order valence-corrected chi connectivity index (χ3v) is 8.95. The summed E-state index contributed by atoms with van der Waals surface area (Å²) < 4.78 is 73.4. The number of para-hydroxylation sites is 3. The molecule has 0 atom stereocenters. The highest BCUT2D eigenvalue weighted by Gasteiger charge is 2.20. The van der Waals surface area contributed by atoms with E-state index in [0.717, 1.165) is 31.3 Å². The van der Waals surface area contributed by atoms with Crippen molar-refractivity contribution in [2.24, 2.45) is 0 Å². The molecule has 9 aromatic rings. The van der Waals surface area contributed by atoms with E-state index in [4.69, 9.17) is 25.9 Å². The lowest BCUT2D eigenvalue weighted by Crippen LogP contribution is -2.03. The lowest BCUT2D eigenvalue weighted by molar-refractivity contribution is 1.07. The summed E-state index contributed by atoms with van der Waals surface area (Å²) in [6.07, 6.45) is 0. The van der Waals surface area contributed by atoms with E-state index in [0.29, 0.717) is 22.9 Å². The summed E-state index contributed by atoms with van der Waals surface area (Å²) in [6, 6.07) is 27.4. The van der Waals surface area contributed by atoms with Gasteiger partial charge >= 0.3 is 0 Å².